The quantitative estimate of drug-likeness (QED) is 0.453. The summed E-state index contributed by atoms with van der Waals surface area (Å²) < 4.78 is 0. The molecule has 0 unspecified atom stereocenters. The second-order valence-corrected chi connectivity index (χ2v) is 7.41. The van der Waals surface area contributed by atoms with E-state index in [2.05, 4.69) is 70.4 Å². The van der Waals surface area contributed by atoms with Crippen LogP contribution < -0.4 is 0 Å². The molecular formula is C24H22N4. The van der Waals surface area contributed by atoms with Crippen LogP contribution in [0, 0.1) is 6.92 Å². The number of nitrogens with zero attached hydrogens (tertiary/aromatic N) is 2. The molecule has 0 atom stereocenters. The Hall–Kier alpha value is -3.40. The molecule has 4 heteroatoms. The van der Waals surface area contributed by atoms with Crippen molar-refractivity contribution in [3.8, 4) is 0 Å². The van der Waals surface area contributed by atoms with Crippen molar-refractivity contribution in [1.29, 1.82) is 0 Å². The van der Waals surface area contributed by atoms with E-state index >= 15 is 0 Å². The maximum Gasteiger partial charge on any atom is 0.128 e. The first-order valence-electron chi connectivity index (χ1n) is 9.68. The average Bonchev–Trinajstić information content (AvgIpc) is 3.31. The Morgan fingerprint density at radius 3 is 2.71 bits per heavy atom. The zero-order valence-electron chi connectivity index (χ0n) is 15.9. The van der Waals surface area contributed by atoms with Crippen LogP contribution in [0.2, 0.25) is 0 Å². The number of benzene rings is 2. The minimum Gasteiger partial charge on any atom is -0.361 e. The number of aryl methyl sites for hydroxylation is 3. The van der Waals surface area contributed by atoms with E-state index in [-0.39, 0.29) is 0 Å². The molecule has 2 N–H and O–H groups in total. The van der Waals surface area contributed by atoms with Gasteiger partial charge in [0.25, 0.3) is 0 Å². The van der Waals surface area contributed by atoms with Gasteiger partial charge in [-0.2, -0.15) is 0 Å². The number of fused-ring (bicyclic) bond motifs is 2. The van der Waals surface area contributed by atoms with Gasteiger partial charge in [-0.25, -0.2) is 9.97 Å². The molecule has 0 bridgehead atoms. The number of hydrogen-bond donors (Lipinski definition) is 2. The van der Waals surface area contributed by atoms with Crippen molar-refractivity contribution >= 4 is 21.8 Å². The number of H-pyrrole nitrogens is 2. The summed E-state index contributed by atoms with van der Waals surface area (Å²) in [7, 11) is 0. The zero-order chi connectivity index (χ0) is 18.9. The molecule has 0 spiro atoms. The highest BCUT2D eigenvalue weighted by molar-refractivity contribution is 5.81. The van der Waals surface area contributed by atoms with Gasteiger partial charge < -0.3 is 9.97 Å². The zero-order valence-corrected chi connectivity index (χ0v) is 15.9. The van der Waals surface area contributed by atoms with Gasteiger partial charge in [-0.15, -0.1) is 0 Å². The topological polar surface area (TPSA) is 57.4 Å². The predicted octanol–water partition coefficient (Wildman–Crippen LogP) is 5.12. The Morgan fingerprint density at radius 2 is 1.75 bits per heavy atom. The number of nitrogens with one attached hydrogen (secondary N) is 2. The lowest BCUT2D eigenvalue weighted by Gasteiger charge is -2.05. The largest absolute Gasteiger partial charge is 0.361 e. The summed E-state index contributed by atoms with van der Waals surface area (Å²) in [5.74, 6) is 0.905. The molecule has 5 rings (SSSR count). The van der Waals surface area contributed by atoms with Crippen LogP contribution >= 0.6 is 0 Å². The Kier molecular flexibility index (Phi) is 4.17. The summed E-state index contributed by atoms with van der Waals surface area (Å²) in [5.41, 5.74) is 7.20. The molecule has 0 aliphatic heterocycles. The standard InChI is InChI=1S/C24H22N4/c1-16-12-20-13-18(3-6-22(20)27-16)14-21-9-11-26-24(28-21)7-4-17-2-5-19-8-10-25-23(19)15-17/h2-3,5-6,8-13,15,25,27H,4,7,14H2,1H3. The summed E-state index contributed by atoms with van der Waals surface area (Å²) in [6.07, 6.45) is 6.46. The number of rotatable bonds is 5. The van der Waals surface area contributed by atoms with Crippen molar-refractivity contribution < 1.29 is 0 Å². The maximum atomic E-state index is 4.79. The molecule has 3 aromatic heterocycles. The first kappa shape index (κ1) is 16.8. The molecule has 0 saturated heterocycles. The summed E-state index contributed by atoms with van der Waals surface area (Å²) in [4.78, 5) is 15.9. The van der Waals surface area contributed by atoms with Crippen molar-refractivity contribution in [2.75, 3.05) is 0 Å². The second-order valence-electron chi connectivity index (χ2n) is 7.41. The Balaban J connectivity index is 1.30. The number of aromatic nitrogens is 4. The molecule has 0 fully saturated rings. The normalized spacial score (nSPS) is 11.5. The van der Waals surface area contributed by atoms with Crippen molar-refractivity contribution in [3.05, 3.63) is 95.3 Å². The third kappa shape index (κ3) is 3.41. The SMILES string of the molecule is Cc1cc2cc(Cc3ccnc(CCc4ccc5cc[nH]c5c4)n3)ccc2[nH]1. The van der Waals surface area contributed by atoms with Crippen LogP contribution in [0.1, 0.15) is 28.3 Å². The number of hydrogen-bond acceptors (Lipinski definition) is 2. The highest BCUT2D eigenvalue weighted by Crippen LogP contribution is 2.19. The first-order valence-corrected chi connectivity index (χ1v) is 9.68. The monoisotopic (exact) mass is 366 g/mol. The molecule has 0 radical (unpaired) electrons. The third-order valence-electron chi connectivity index (χ3n) is 5.22. The molecule has 0 amide bonds. The maximum absolute atomic E-state index is 4.79. The Bertz CT molecular complexity index is 1260. The Morgan fingerprint density at radius 1 is 0.821 bits per heavy atom. The van der Waals surface area contributed by atoms with Crippen LogP contribution in [0.15, 0.2) is 67.0 Å². The van der Waals surface area contributed by atoms with Gasteiger partial charge in [0.1, 0.15) is 5.82 Å². The fourth-order valence-electron chi connectivity index (χ4n) is 3.81. The molecule has 138 valence electrons. The van der Waals surface area contributed by atoms with Crippen LogP contribution in [0.4, 0.5) is 0 Å². The molecule has 0 aliphatic rings. The number of aromatic amines is 2. The summed E-state index contributed by atoms with van der Waals surface area (Å²) in [6, 6.07) is 19.4. The summed E-state index contributed by atoms with van der Waals surface area (Å²) >= 11 is 0. The lowest BCUT2D eigenvalue weighted by atomic mass is 10.1. The van der Waals surface area contributed by atoms with Gasteiger partial charge in [-0.05, 0) is 71.6 Å². The molecule has 4 nitrogen and oxygen atoms in total. The molecule has 28 heavy (non-hydrogen) atoms. The van der Waals surface area contributed by atoms with E-state index in [0.717, 1.165) is 30.8 Å². The molecular weight excluding hydrogens is 344 g/mol. The molecule has 0 saturated carbocycles. The van der Waals surface area contributed by atoms with Gasteiger partial charge in [-0.3, -0.25) is 0 Å². The predicted molar refractivity (Wildman–Crippen MR) is 114 cm³/mol. The highest BCUT2D eigenvalue weighted by atomic mass is 14.9. The third-order valence-corrected chi connectivity index (χ3v) is 5.22. The van der Waals surface area contributed by atoms with Gasteiger partial charge >= 0.3 is 0 Å². The first-order chi connectivity index (χ1) is 13.7. The van der Waals surface area contributed by atoms with Gasteiger partial charge in [0, 0.05) is 47.7 Å². The van der Waals surface area contributed by atoms with E-state index in [0.29, 0.717) is 0 Å². The minimum atomic E-state index is 0.824. The van der Waals surface area contributed by atoms with Crippen molar-refractivity contribution in [1.82, 2.24) is 19.9 Å². The summed E-state index contributed by atoms with van der Waals surface area (Å²) in [5, 5.41) is 2.50. The average molecular weight is 366 g/mol. The lowest BCUT2D eigenvalue weighted by molar-refractivity contribution is 0.837. The lowest BCUT2D eigenvalue weighted by Crippen LogP contribution is -2.02. The van der Waals surface area contributed by atoms with Crippen molar-refractivity contribution in [3.63, 3.8) is 0 Å². The minimum absolute atomic E-state index is 0.824. The summed E-state index contributed by atoms with van der Waals surface area (Å²) in [6.45, 7) is 2.09. The van der Waals surface area contributed by atoms with Gasteiger partial charge in [0.05, 0.1) is 0 Å². The van der Waals surface area contributed by atoms with Gasteiger partial charge in [0.2, 0.25) is 0 Å². The van der Waals surface area contributed by atoms with Crippen LogP contribution in [0.3, 0.4) is 0 Å². The van der Waals surface area contributed by atoms with Gasteiger partial charge in [0.15, 0.2) is 0 Å². The molecule has 5 aromatic rings. The van der Waals surface area contributed by atoms with Crippen molar-refractivity contribution in [2.24, 2.45) is 0 Å². The Labute approximate surface area is 163 Å². The fraction of sp³-hybridized carbons (Fsp3) is 0.167. The molecule has 2 aromatic carbocycles. The molecule has 0 aliphatic carbocycles. The van der Waals surface area contributed by atoms with E-state index in [9.17, 15) is 0 Å². The molecule has 3 heterocycles. The van der Waals surface area contributed by atoms with Crippen LogP contribution in [-0.2, 0) is 19.3 Å². The van der Waals surface area contributed by atoms with Crippen molar-refractivity contribution in [2.45, 2.75) is 26.2 Å². The van der Waals surface area contributed by atoms with Crippen LogP contribution in [0.25, 0.3) is 21.8 Å². The van der Waals surface area contributed by atoms with E-state index in [1.54, 1.807) is 0 Å². The smallest absolute Gasteiger partial charge is 0.128 e. The van der Waals surface area contributed by atoms with E-state index in [1.807, 2.05) is 18.5 Å². The van der Waals surface area contributed by atoms with E-state index in [4.69, 9.17) is 4.98 Å². The fourth-order valence-corrected chi connectivity index (χ4v) is 3.81. The van der Waals surface area contributed by atoms with E-state index < -0.39 is 0 Å². The van der Waals surface area contributed by atoms with E-state index in [1.165, 1.54) is 38.6 Å². The van der Waals surface area contributed by atoms with Gasteiger partial charge in [-0.1, -0.05) is 18.2 Å². The highest BCUT2D eigenvalue weighted by Gasteiger charge is 2.05. The van der Waals surface area contributed by atoms with Crippen LogP contribution in [0.5, 0.6) is 0 Å². The van der Waals surface area contributed by atoms with Crippen LogP contribution in [-0.4, -0.2) is 19.9 Å². The second kappa shape index (κ2) is 6.97.